The summed E-state index contributed by atoms with van der Waals surface area (Å²) in [6, 6.07) is 7.39. The van der Waals surface area contributed by atoms with E-state index in [0.717, 1.165) is 19.6 Å². The second-order valence-corrected chi connectivity index (χ2v) is 4.84. The van der Waals surface area contributed by atoms with Crippen LogP contribution >= 0.6 is 0 Å². The Labute approximate surface area is 98.4 Å². The van der Waals surface area contributed by atoms with E-state index in [0.29, 0.717) is 6.04 Å². The molecule has 1 saturated heterocycles. The molecule has 0 bridgehead atoms. The van der Waals surface area contributed by atoms with Crippen LogP contribution in [0.5, 0.6) is 0 Å². The molecule has 88 valence electrons. The van der Waals surface area contributed by atoms with E-state index in [1.807, 2.05) is 0 Å². The molecular formula is C14H22N2. The summed E-state index contributed by atoms with van der Waals surface area (Å²) in [6.45, 7) is 7.68. The first-order valence-electron chi connectivity index (χ1n) is 6.26. The van der Waals surface area contributed by atoms with Crippen LogP contribution in [0.15, 0.2) is 18.2 Å². The van der Waals surface area contributed by atoms with E-state index in [4.69, 9.17) is 0 Å². The fourth-order valence-electron chi connectivity index (χ4n) is 2.27. The molecule has 1 aliphatic rings. The summed E-state index contributed by atoms with van der Waals surface area (Å²) in [4.78, 5) is 0. The largest absolute Gasteiger partial charge is 0.317 e. The zero-order valence-corrected chi connectivity index (χ0v) is 10.3. The van der Waals surface area contributed by atoms with Gasteiger partial charge in [0.25, 0.3) is 0 Å². The van der Waals surface area contributed by atoms with Crippen molar-refractivity contribution in [2.75, 3.05) is 13.1 Å². The summed E-state index contributed by atoms with van der Waals surface area (Å²) < 4.78 is 0. The Morgan fingerprint density at radius 2 is 2.00 bits per heavy atom. The van der Waals surface area contributed by atoms with Crippen molar-refractivity contribution in [2.45, 2.75) is 39.3 Å². The van der Waals surface area contributed by atoms with Crippen molar-refractivity contribution in [3.05, 3.63) is 34.9 Å². The normalized spacial score (nSPS) is 17.6. The Bertz CT molecular complexity index is 341. The predicted molar refractivity (Wildman–Crippen MR) is 68.6 cm³/mol. The van der Waals surface area contributed by atoms with Crippen molar-refractivity contribution in [3.8, 4) is 0 Å². The summed E-state index contributed by atoms with van der Waals surface area (Å²) >= 11 is 0. The van der Waals surface area contributed by atoms with E-state index in [9.17, 15) is 0 Å². The summed E-state index contributed by atoms with van der Waals surface area (Å²) in [6.07, 6.45) is 2.51. The summed E-state index contributed by atoms with van der Waals surface area (Å²) in [7, 11) is 0. The highest BCUT2D eigenvalue weighted by molar-refractivity contribution is 5.30. The number of aryl methyl sites for hydroxylation is 2. The van der Waals surface area contributed by atoms with Crippen LogP contribution in [-0.4, -0.2) is 19.1 Å². The van der Waals surface area contributed by atoms with Crippen LogP contribution in [0.2, 0.25) is 0 Å². The summed E-state index contributed by atoms with van der Waals surface area (Å²) in [5.41, 5.74) is 4.19. The maximum absolute atomic E-state index is 3.67. The molecule has 0 aliphatic carbocycles. The molecule has 0 radical (unpaired) electrons. The zero-order chi connectivity index (χ0) is 11.4. The SMILES string of the molecule is Cc1ccc(C)c(CNC2CCNCC2)c1. The highest BCUT2D eigenvalue weighted by Crippen LogP contribution is 2.11. The summed E-state index contributed by atoms with van der Waals surface area (Å²) in [5, 5.41) is 7.06. The Morgan fingerprint density at radius 1 is 1.25 bits per heavy atom. The van der Waals surface area contributed by atoms with Crippen LogP contribution in [0.4, 0.5) is 0 Å². The molecule has 2 rings (SSSR count). The maximum atomic E-state index is 3.67. The van der Waals surface area contributed by atoms with Crippen LogP contribution in [0.25, 0.3) is 0 Å². The molecule has 0 atom stereocenters. The van der Waals surface area contributed by atoms with Gasteiger partial charge in [-0.05, 0) is 50.9 Å². The van der Waals surface area contributed by atoms with E-state index in [1.54, 1.807) is 0 Å². The molecule has 1 aliphatic heterocycles. The Hall–Kier alpha value is -0.860. The highest BCUT2D eigenvalue weighted by atomic mass is 15.0. The van der Waals surface area contributed by atoms with Crippen molar-refractivity contribution < 1.29 is 0 Å². The molecule has 0 aromatic heterocycles. The highest BCUT2D eigenvalue weighted by Gasteiger charge is 2.12. The van der Waals surface area contributed by atoms with Gasteiger partial charge in [-0.3, -0.25) is 0 Å². The standard InChI is InChI=1S/C14H22N2/c1-11-3-4-12(2)13(9-11)10-16-14-5-7-15-8-6-14/h3-4,9,14-16H,5-8,10H2,1-2H3. The molecule has 1 fully saturated rings. The average Bonchev–Trinajstić information content (AvgIpc) is 2.32. The Balaban J connectivity index is 1.90. The molecule has 0 spiro atoms. The van der Waals surface area contributed by atoms with Gasteiger partial charge in [-0.1, -0.05) is 23.8 Å². The second kappa shape index (κ2) is 5.46. The Morgan fingerprint density at radius 3 is 2.75 bits per heavy atom. The topological polar surface area (TPSA) is 24.1 Å². The lowest BCUT2D eigenvalue weighted by molar-refractivity contribution is 0.386. The van der Waals surface area contributed by atoms with E-state index in [2.05, 4.69) is 42.7 Å². The number of hydrogen-bond acceptors (Lipinski definition) is 2. The van der Waals surface area contributed by atoms with Crippen LogP contribution in [0.3, 0.4) is 0 Å². The molecule has 2 nitrogen and oxygen atoms in total. The van der Waals surface area contributed by atoms with Gasteiger partial charge in [-0.25, -0.2) is 0 Å². The molecule has 2 N–H and O–H groups in total. The molecular weight excluding hydrogens is 196 g/mol. The minimum absolute atomic E-state index is 0.696. The molecule has 1 heterocycles. The molecule has 0 amide bonds. The number of benzene rings is 1. The molecule has 1 aromatic carbocycles. The minimum atomic E-state index is 0.696. The van der Waals surface area contributed by atoms with Crippen molar-refractivity contribution in [3.63, 3.8) is 0 Å². The number of hydrogen-bond donors (Lipinski definition) is 2. The first-order chi connectivity index (χ1) is 7.75. The molecule has 0 saturated carbocycles. The van der Waals surface area contributed by atoms with Crippen LogP contribution in [-0.2, 0) is 6.54 Å². The van der Waals surface area contributed by atoms with Gasteiger partial charge in [0.05, 0.1) is 0 Å². The third kappa shape index (κ3) is 3.06. The predicted octanol–water partition coefficient (Wildman–Crippen LogP) is 2.15. The van der Waals surface area contributed by atoms with Crippen molar-refractivity contribution in [2.24, 2.45) is 0 Å². The van der Waals surface area contributed by atoms with Gasteiger partial charge >= 0.3 is 0 Å². The number of piperidine rings is 1. The van der Waals surface area contributed by atoms with Gasteiger partial charge in [0.15, 0.2) is 0 Å². The van der Waals surface area contributed by atoms with Gasteiger partial charge in [0.2, 0.25) is 0 Å². The first kappa shape index (κ1) is 11.6. The van der Waals surface area contributed by atoms with E-state index < -0.39 is 0 Å². The lowest BCUT2D eigenvalue weighted by Crippen LogP contribution is -2.39. The van der Waals surface area contributed by atoms with Gasteiger partial charge in [0.1, 0.15) is 0 Å². The second-order valence-electron chi connectivity index (χ2n) is 4.84. The maximum Gasteiger partial charge on any atom is 0.0210 e. The lowest BCUT2D eigenvalue weighted by atomic mass is 10.0. The van der Waals surface area contributed by atoms with Crippen molar-refractivity contribution in [1.29, 1.82) is 0 Å². The van der Waals surface area contributed by atoms with E-state index >= 15 is 0 Å². The first-order valence-corrected chi connectivity index (χ1v) is 6.26. The molecule has 2 heteroatoms. The van der Waals surface area contributed by atoms with Gasteiger partial charge in [-0.15, -0.1) is 0 Å². The lowest BCUT2D eigenvalue weighted by Gasteiger charge is -2.24. The van der Waals surface area contributed by atoms with Crippen molar-refractivity contribution >= 4 is 0 Å². The third-order valence-electron chi connectivity index (χ3n) is 3.42. The van der Waals surface area contributed by atoms with E-state index in [1.165, 1.54) is 29.5 Å². The smallest absolute Gasteiger partial charge is 0.0210 e. The number of nitrogens with one attached hydrogen (secondary N) is 2. The van der Waals surface area contributed by atoms with Gasteiger partial charge < -0.3 is 10.6 Å². The van der Waals surface area contributed by atoms with Crippen LogP contribution < -0.4 is 10.6 Å². The summed E-state index contributed by atoms with van der Waals surface area (Å²) in [5.74, 6) is 0. The van der Waals surface area contributed by atoms with Gasteiger partial charge in [-0.2, -0.15) is 0 Å². The van der Waals surface area contributed by atoms with Crippen molar-refractivity contribution in [1.82, 2.24) is 10.6 Å². The monoisotopic (exact) mass is 218 g/mol. The van der Waals surface area contributed by atoms with E-state index in [-0.39, 0.29) is 0 Å². The fraction of sp³-hybridized carbons (Fsp3) is 0.571. The third-order valence-corrected chi connectivity index (χ3v) is 3.42. The molecule has 0 unspecified atom stereocenters. The minimum Gasteiger partial charge on any atom is -0.317 e. The average molecular weight is 218 g/mol. The van der Waals surface area contributed by atoms with Gasteiger partial charge in [0, 0.05) is 12.6 Å². The zero-order valence-electron chi connectivity index (χ0n) is 10.3. The fourth-order valence-corrected chi connectivity index (χ4v) is 2.27. The van der Waals surface area contributed by atoms with Crippen LogP contribution in [0.1, 0.15) is 29.5 Å². The van der Waals surface area contributed by atoms with Crippen LogP contribution in [0, 0.1) is 13.8 Å². The quantitative estimate of drug-likeness (QED) is 0.812. The molecule has 16 heavy (non-hydrogen) atoms. The Kier molecular flexibility index (Phi) is 3.97. The number of rotatable bonds is 3. The molecule has 1 aromatic rings.